The third kappa shape index (κ3) is 4.71. The molecule has 0 bridgehead atoms. The van der Waals surface area contributed by atoms with E-state index in [1.807, 2.05) is 56.3 Å². The number of hydrogen-bond donors (Lipinski definition) is 2. The van der Waals surface area contributed by atoms with Gasteiger partial charge in [-0.1, -0.05) is 42.5 Å². The number of hydrogen-bond acceptors (Lipinski definition) is 3. The van der Waals surface area contributed by atoms with Crippen LogP contribution in [0, 0.1) is 13.8 Å². The Labute approximate surface area is 164 Å². The highest BCUT2D eigenvalue weighted by molar-refractivity contribution is 6.05. The summed E-state index contributed by atoms with van der Waals surface area (Å²) in [6.07, 6.45) is 1.62. The third-order valence-electron chi connectivity index (χ3n) is 4.35. The maximum Gasteiger partial charge on any atom is 0.271 e. The van der Waals surface area contributed by atoms with Crippen molar-refractivity contribution in [2.24, 2.45) is 5.10 Å². The first-order valence-electron chi connectivity index (χ1n) is 8.90. The topological polar surface area (TPSA) is 70.6 Å². The summed E-state index contributed by atoms with van der Waals surface area (Å²) >= 11 is 0. The van der Waals surface area contributed by atoms with E-state index in [-0.39, 0.29) is 11.8 Å². The third-order valence-corrected chi connectivity index (χ3v) is 4.35. The lowest BCUT2D eigenvalue weighted by molar-refractivity contribution is 0.0954. The average molecular weight is 371 g/mol. The van der Waals surface area contributed by atoms with Crippen LogP contribution in [0.1, 0.15) is 37.4 Å². The van der Waals surface area contributed by atoms with Gasteiger partial charge in [0.15, 0.2) is 0 Å². The largest absolute Gasteiger partial charge is 0.322 e. The standard InChI is InChI=1S/C23H21N3O2/c1-16-7-3-5-9-19(16)15-24-26-22(27)18-11-13-20(14-12-18)25-23(28)21-10-6-4-8-17(21)2/h3-15H,1-2H3,(H,25,28)(H,26,27). The Morgan fingerprint density at radius 1 is 0.786 bits per heavy atom. The van der Waals surface area contributed by atoms with Crippen LogP contribution < -0.4 is 10.7 Å². The molecule has 0 atom stereocenters. The molecule has 0 unspecified atom stereocenters. The summed E-state index contributed by atoms with van der Waals surface area (Å²) in [7, 11) is 0. The summed E-state index contributed by atoms with van der Waals surface area (Å²) in [6, 6.07) is 21.8. The maximum absolute atomic E-state index is 12.3. The van der Waals surface area contributed by atoms with E-state index in [1.165, 1.54) is 0 Å². The molecule has 28 heavy (non-hydrogen) atoms. The van der Waals surface area contributed by atoms with Gasteiger partial charge < -0.3 is 5.32 Å². The molecule has 0 heterocycles. The number of benzene rings is 3. The molecule has 0 aliphatic carbocycles. The van der Waals surface area contributed by atoms with E-state index in [0.29, 0.717) is 16.8 Å². The first-order valence-corrected chi connectivity index (χ1v) is 8.90. The lowest BCUT2D eigenvalue weighted by atomic mass is 10.1. The smallest absolute Gasteiger partial charge is 0.271 e. The zero-order valence-corrected chi connectivity index (χ0v) is 15.8. The Hall–Kier alpha value is -3.73. The highest BCUT2D eigenvalue weighted by Gasteiger charge is 2.09. The van der Waals surface area contributed by atoms with E-state index in [0.717, 1.165) is 16.7 Å². The number of amides is 2. The molecular weight excluding hydrogens is 350 g/mol. The zero-order valence-electron chi connectivity index (χ0n) is 15.8. The Balaban J connectivity index is 1.61. The van der Waals surface area contributed by atoms with E-state index in [1.54, 1.807) is 36.5 Å². The second kappa shape index (κ2) is 8.77. The first-order chi connectivity index (χ1) is 13.5. The van der Waals surface area contributed by atoms with Crippen LogP contribution in [0.5, 0.6) is 0 Å². The van der Waals surface area contributed by atoms with E-state index in [2.05, 4.69) is 15.8 Å². The fourth-order valence-electron chi connectivity index (χ4n) is 2.69. The minimum Gasteiger partial charge on any atom is -0.322 e. The molecule has 2 amide bonds. The van der Waals surface area contributed by atoms with Crippen LogP contribution in [0.25, 0.3) is 0 Å². The molecule has 5 heteroatoms. The van der Waals surface area contributed by atoms with Gasteiger partial charge in [0.25, 0.3) is 11.8 Å². The molecule has 3 aromatic carbocycles. The van der Waals surface area contributed by atoms with E-state index >= 15 is 0 Å². The van der Waals surface area contributed by atoms with Crippen molar-refractivity contribution in [2.75, 3.05) is 5.32 Å². The molecule has 0 aliphatic heterocycles. The van der Waals surface area contributed by atoms with Gasteiger partial charge in [-0.05, 0) is 60.9 Å². The summed E-state index contributed by atoms with van der Waals surface area (Å²) in [5.74, 6) is -0.500. The van der Waals surface area contributed by atoms with Crippen LogP contribution in [-0.4, -0.2) is 18.0 Å². The summed E-state index contributed by atoms with van der Waals surface area (Å²) < 4.78 is 0. The lowest BCUT2D eigenvalue weighted by Crippen LogP contribution is -2.18. The average Bonchev–Trinajstić information content (AvgIpc) is 2.70. The number of aryl methyl sites for hydroxylation is 2. The van der Waals surface area contributed by atoms with E-state index in [9.17, 15) is 9.59 Å². The van der Waals surface area contributed by atoms with Crippen LogP contribution in [0.2, 0.25) is 0 Å². The fourth-order valence-corrected chi connectivity index (χ4v) is 2.69. The van der Waals surface area contributed by atoms with Gasteiger partial charge >= 0.3 is 0 Å². The van der Waals surface area contributed by atoms with Gasteiger partial charge in [-0.25, -0.2) is 5.43 Å². The fraction of sp³-hybridized carbons (Fsp3) is 0.0870. The van der Waals surface area contributed by atoms with Gasteiger partial charge in [-0.2, -0.15) is 5.10 Å². The molecule has 3 aromatic rings. The van der Waals surface area contributed by atoms with Gasteiger partial charge in [-0.15, -0.1) is 0 Å². The number of carbonyl (C=O) groups excluding carboxylic acids is 2. The van der Waals surface area contributed by atoms with Crippen LogP contribution in [0.4, 0.5) is 5.69 Å². The molecule has 0 saturated carbocycles. The quantitative estimate of drug-likeness (QED) is 0.518. The summed E-state index contributed by atoms with van der Waals surface area (Å²) in [4.78, 5) is 24.6. The SMILES string of the molecule is Cc1ccccc1C=NNC(=O)c1ccc(NC(=O)c2ccccc2C)cc1. The molecule has 0 radical (unpaired) electrons. The van der Waals surface area contributed by atoms with Crippen molar-refractivity contribution in [2.45, 2.75) is 13.8 Å². The number of anilines is 1. The van der Waals surface area contributed by atoms with Crippen molar-refractivity contribution in [1.29, 1.82) is 0 Å². The highest BCUT2D eigenvalue weighted by Crippen LogP contribution is 2.13. The summed E-state index contributed by atoms with van der Waals surface area (Å²) in [5.41, 5.74) is 7.13. The molecule has 0 saturated heterocycles. The molecule has 0 spiro atoms. The molecule has 3 rings (SSSR count). The predicted molar refractivity (Wildman–Crippen MR) is 112 cm³/mol. The Bertz CT molecular complexity index is 1020. The summed E-state index contributed by atoms with van der Waals surface area (Å²) in [5, 5.41) is 6.84. The van der Waals surface area contributed by atoms with Gasteiger partial charge in [0.2, 0.25) is 0 Å². The number of rotatable bonds is 5. The minimum absolute atomic E-state index is 0.182. The molecule has 0 aromatic heterocycles. The van der Waals surface area contributed by atoms with Crippen LogP contribution in [-0.2, 0) is 0 Å². The van der Waals surface area contributed by atoms with E-state index in [4.69, 9.17) is 0 Å². The molecular formula is C23H21N3O2. The van der Waals surface area contributed by atoms with Crippen LogP contribution >= 0.6 is 0 Å². The molecule has 2 N–H and O–H groups in total. The Kier molecular flexibility index (Phi) is 5.97. The zero-order chi connectivity index (χ0) is 19.9. The van der Waals surface area contributed by atoms with Crippen molar-refractivity contribution in [1.82, 2.24) is 5.43 Å². The normalized spacial score (nSPS) is 10.6. The number of nitrogens with zero attached hydrogens (tertiary/aromatic N) is 1. The van der Waals surface area contributed by atoms with Crippen molar-refractivity contribution in [3.8, 4) is 0 Å². The van der Waals surface area contributed by atoms with Crippen LogP contribution in [0.3, 0.4) is 0 Å². The lowest BCUT2D eigenvalue weighted by Gasteiger charge is -2.08. The first kappa shape index (κ1) is 19.0. The van der Waals surface area contributed by atoms with Crippen molar-refractivity contribution < 1.29 is 9.59 Å². The van der Waals surface area contributed by atoms with E-state index < -0.39 is 0 Å². The number of nitrogens with one attached hydrogen (secondary N) is 2. The molecule has 0 fully saturated rings. The Morgan fingerprint density at radius 3 is 2.11 bits per heavy atom. The molecule has 5 nitrogen and oxygen atoms in total. The second-order valence-electron chi connectivity index (χ2n) is 6.40. The van der Waals surface area contributed by atoms with Crippen molar-refractivity contribution in [3.05, 3.63) is 101 Å². The number of carbonyl (C=O) groups is 2. The molecule has 0 aliphatic rings. The monoisotopic (exact) mass is 371 g/mol. The number of hydrazone groups is 1. The summed E-state index contributed by atoms with van der Waals surface area (Å²) in [6.45, 7) is 3.87. The highest BCUT2D eigenvalue weighted by atomic mass is 16.2. The van der Waals surface area contributed by atoms with Crippen molar-refractivity contribution in [3.63, 3.8) is 0 Å². The predicted octanol–water partition coefficient (Wildman–Crippen LogP) is 4.32. The maximum atomic E-state index is 12.3. The Morgan fingerprint density at radius 2 is 1.43 bits per heavy atom. The van der Waals surface area contributed by atoms with Gasteiger partial charge in [0.1, 0.15) is 0 Å². The van der Waals surface area contributed by atoms with Crippen LogP contribution in [0.15, 0.2) is 77.9 Å². The van der Waals surface area contributed by atoms with Crippen molar-refractivity contribution >= 4 is 23.7 Å². The molecule has 140 valence electrons. The van der Waals surface area contributed by atoms with Gasteiger partial charge in [-0.3, -0.25) is 9.59 Å². The second-order valence-corrected chi connectivity index (χ2v) is 6.40. The van der Waals surface area contributed by atoms with Gasteiger partial charge in [0, 0.05) is 16.8 Å². The van der Waals surface area contributed by atoms with Gasteiger partial charge in [0.05, 0.1) is 6.21 Å². The minimum atomic E-state index is -0.318.